The maximum atomic E-state index is 11.5. The lowest BCUT2D eigenvalue weighted by Crippen LogP contribution is -2.25. The summed E-state index contributed by atoms with van der Waals surface area (Å²) in [5.74, 6) is 0.804. The molecule has 1 fully saturated rings. The van der Waals surface area contributed by atoms with E-state index in [4.69, 9.17) is 10.5 Å². The van der Waals surface area contributed by atoms with Gasteiger partial charge in [0.05, 0.1) is 12.8 Å². The molecule has 1 aromatic rings. The van der Waals surface area contributed by atoms with Crippen molar-refractivity contribution in [3.8, 4) is 5.75 Å². The van der Waals surface area contributed by atoms with Gasteiger partial charge in [-0.3, -0.25) is 4.79 Å². The molecule has 92 valence electrons. The van der Waals surface area contributed by atoms with E-state index in [0.717, 1.165) is 18.4 Å². The number of hydrogen-bond acceptors (Lipinski definition) is 3. The van der Waals surface area contributed by atoms with Crippen molar-refractivity contribution in [2.24, 2.45) is 0 Å². The Hall–Kier alpha value is -1.71. The van der Waals surface area contributed by atoms with Crippen molar-refractivity contribution in [3.05, 3.63) is 23.8 Å². The van der Waals surface area contributed by atoms with E-state index < -0.39 is 0 Å². The number of nitrogens with one attached hydrogen (secondary N) is 1. The zero-order chi connectivity index (χ0) is 12.3. The van der Waals surface area contributed by atoms with E-state index in [1.807, 2.05) is 18.2 Å². The Morgan fingerprint density at radius 2 is 2.29 bits per heavy atom. The second kappa shape index (κ2) is 5.08. The van der Waals surface area contributed by atoms with Gasteiger partial charge in [-0.05, 0) is 37.0 Å². The van der Waals surface area contributed by atoms with Gasteiger partial charge in [-0.25, -0.2) is 0 Å². The number of amides is 1. The zero-order valence-electron chi connectivity index (χ0n) is 10.0. The summed E-state index contributed by atoms with van der Waals surface area (Å²) in [5.41, 5.74) is 7.49. The molecule has 1 amide bonds. The Morgan fingerprint density at radius 3 is 2.88 bits per heavy atom. The van der Waals surface area contributed by atoms with Crippen LogP contribution in [0.25, 0.3) is 0 Å². The molecule has 0 aliphatic heterocycles. The Labute approximate surface area is 101 Å². The van der Waals surface area contributed by atoms with Crippen molar-refractivity contribution >= 4 is 11.6 Å². The fraction of sp³-hybridized carbons (Fsp3) is 0.462. The number of hydrogen-bond donors (Lipinski definition) is 2. The van der Waals surface area contributed by atoms with Gasteiger partial charge < -0.3 is 15.8 Å². The molecule has 3 N–H and O–H groups in total. The molecule has 1 aliphatic carbocycles. The Bertz CT molecular complexity index is 414. The van der Waals surface area contributed by atoms with Gasteiger partial charge in [-0.1, -0.05) is 6.07 Å². The molecular weight excluding hydrogens is 216 g/mol. The SMILES string of the molecule is COc1ccc(CCC(=O)NC2CC2)cc1N. The fourth-order valence-electron chi connectivity index (χ4n) is 1.72. The summed E-state index contributed by atoms with van der Waals surface area (Å²) < 4.78 is 5.08. The van der Waals surface area contributed by atoms with Crippen molar-refractivity contribution in [1.29, 1.82) is 0 Å². The highest BCUT2D eigenvalue weighted by Crippen LogP contribution is 2.23. The van der Waals surface area contributed by atoms with Crippen LogP contribution in [0.3, 0.4) is 0 Å². The lowest BCUT2D eigenvalue weighted by Gasteiger charge is -2.07. The molecule has 1 saturated carbocycles. The minimum atomic E-state index is 0.127. The molecule has 0 unspecified atom stereocenters. The third-order valence-corrected chi connectivity index (χ3v) is 2.88. The number of rotatable bonds is 5. The van der Waals surface area contributed by atoms with E-state index in [1.165, 1.54) is 0 Å². The van der Waals surface area contributed by atoms with Gasteiger partial charge in [0.2, 0.25) is 5.91 Å². The van der Waals surface area contributed by atoms with Gasteiger partial charge in [0.25, 0.3) is 0 Å². The molecule has 0 heterocycles. The van der Waals surface area contributed by atoms with Crippen LogP contribution in [0.15, 0.2) is 18.2 Å². The van der Waals surface area contributed by atoms with Crippen molar-refractivity contribution in [2.75, 3.05) is 12.8 Å². The number of carbonyl (C=O) groups excluding carboxylic acids is 1. The average Bonchev–Trinajstić information content (AvgIpc) is 3.10. The highest BCUT2D eigenvalue weighted by atomic mass is 16.5. The molecule has 2 rings (SSSR count). The summed E-state index contributed by atoms with van der Waals surface area (Å²) in [7, 11) is 1.59. The molecule has 1 aromatic carbocycles. The number of methoxy groups -OCH3 is 1. The Kier molecular flexibility index (Phi) is 3.52. The van der Waals surface area contributed by atoms with Crippen molar-refractivity contribution < 1.29 is 9.53 Å². The monoisotopic (exact) mass is 234 g/mol. The molecule has 0 bridgehead atoms. The first-order chi connectivity index (χ1) is 8.19. The van der Waals surface area contributed by atoms with Crippen molar-refractivity contribution in [3.63, 3.8) is 0 Å². The zero-order valence-corrected chi connectivity index (χ0v) is 10.0. The van der Waals surface area contributed by atoms with E-state index in [9.17, 15) is 4.79 Å². The van der Waals surface area contributed by atoms with Crippen molar-refractivity contribution in [1.82, 2.24) is 5.32 Å². The molecule has 0 aromatic heterocycles. The van der Waals surface area contributed by atoms with Gasteiger partial charge in [0.1, 0.15) is 5.75 Å². The second-order valence-corrected chi connectivity index (χ2v) is 4.42. The number of ether oxygens (including phenoxy) is 1. The van der Waals surface area contributed by atoms with E-state index >= 15 is 0 Å². The number of nitrogen functional groups attached to an aromatic ring is 1. The summed E-state index contributed by atoms with van der Waals surface area (Å²) in [5, 5.41) is 2.97. The van der Waals surface area contributed by atoms with Crippen LogP contribution in [0.1, 0.15) is 24.8 Å². The van der Waals surface area contributed by atoms with Gasteiger partial charge >= 0.3 is 0 Å². The lowest BCUT2D eigenvalue weighted by atomic mass is 10.1. The average molecular weight is 234 g/mol. The molecule has 0 radical (unpaired) electrons. The van der Waals surface area contributed by atoms with Crippen LogP contribution in [-0.2, 0) is 11.2 Å². The van der Waals surface area contributed by atoms with E-state index in [0.29, 0.717) is 30.3 Å². The molecule has 0 atom stereocenters. The van der Waals surface area contributed by atoms with Crippen LogP contribution in [0.4, 0.5) is 5.69 Å². The summed E-state index contributed by atoms with van der Waals surface area (Å²) in [6.07, 6.45) is 3.48. The molecule has 4 heteroatoms. The maximum Gasteiger partial charge on any atom is 0.220 e. The fourth-order valence-corrected chi connectivity index (χ4v) is 1.72. The molecule has 1 aliphatic rings. The summed E-state index contributed by atoms with van der Waals surface area (Å²) in [6, 6.07) is 6.08. The van der Waals surface area contributed by atoms with Gasteiger partial charge in [-0.15, -0.1) is 0 Å². The first-order valence-corrected chi connectivity index (χ1v) is 5.91. The van der Waals surface area contributed by atoms with Crippen LogP contribution in [0.2, 0.25) is 0 Å². The smallest absolute Gasteiger partial charge is 0.220 e. The summed E-state index contributed by atoms with van der Waals surface area (Å²) in [4.78, 5) is 11.5. The predicted octanol–water partition coefficient (Wildman–Crippen LogP) is 1.49. The second-order valence-electron chi connectivity index (χ2n) is 4.42. The topological polar surface area (TPSA) is 64.3 Å². The van der Waals surface area contributed by atoms with Gasteiger partial charge in [-0.2, -0.15) is 0 Å². The van der Waals surface area contributed by atoms with Crippen LogP contribution < -0.4 is 15.8 Å². The third kappa shape index (κ3) is 3.37. The number of aryl methyl sites for hydroxylation is 1. The van der Waals surface area contributed by atoms with Crippen LogP contribution in [0.5, 0.6) is 5.75 Å². The number of nitrogens with two attached hydrogens (primary N) is 1. The van der Waals surface area contributed by atoms with Gasteiger partial charge in [0, 0.05) is 12.5 Å². The molecule has 4 nitrogen and oxygen atoms in total. The molecule has 17 heavy (non-hydrogen) atoms. The number of anilines is 1. The lowest BCUT2D eigenvalue weighted by molar-refractivity contribution is -0.121. The standard InChI is InChI=1S/C13H18N2O2/c1-17-12-6-2-9(8-11(12)14)3-7-13(16)15-10-4-5-10/h2,6,8,10H,3-5,7,14H2,1H3,(H,15,16). The Morgan fingerprint density at radius 1 is 1.53 bits per heavy atom. The molecular formula is C13H18N2O2. The summed E-state index contributed by atoms with van der Waals surface area (Å²) in [6.45, 7) is 0. The van der Waals surface area contributed by atoms with Crippen molar-refractivity contribution in [2.45, 2.75) is 31.7 Å². The van der Waals surface area contributed by atoms with E-state index in [1.54, 1.807) is 7.11 Å². The van der Waals surface area contributed by atoms with E-state index in [-0.39, 0.29) is 5.91 Å². The maximum absolute atomic E-state index is 11.5. The quantitative estimate of drug-likeness (QED) is 0.759. The number of benzene rings is 1. The highest BCUT2D eigenvalue weighted by molar-refractivity contribution is 5.76. The molecule has 0 saturated heterocycles. The summed E-state index contributed by atoms with van der Waals surface area (Å²) >= 11 is 0. The largest absolute Gasteiger partial charge is 0.495 e. The molecule has 0 spiro atoms. The van der Waals surface area contributed by atoms with E-state index in [2.05, 4.69) is 5.32 Å². The normalized spacial score (nSPS) is 14.4. The highest BCUT2D eigenvalue weighted by Gasteiger charge is 2.22. The minimum absolute atomic E-state index is 0.127. The van der Waals surface area contributed by atoms with Crippen LogP contribution >= 0.6 is 0 Å². The van der Waals surface area contributed by atoms with Crippen LogP contribution in [-0.4, -0.2) is 19.1 Å². The predicted molar refractivity (Wildman–Crippen MR) is 66.9 cm³/mol. The Balaban J connectivity index is 1.85. The number of carbonyl (C=O) groups is 1. The van der Waals surface area contributed by atoms with Crippen LogP contribution in [0, 0.1) is 0 Å². The minimum Gasteiger partial charge on any atom is -0.495 e. The van der Waals surface area contributed by atoms with Gasteiger partial charge in [0.15, 0.2) is 0 Å². The third-order valence-electron chi connectivity index (χ3n) is 2.88. The first kappa shape index (κ1) is 11.8. The first-order valence-electron chi connectivity index (χ1n) is 5.91.